The van der Waals surface area contributed by atoms with Gasteiger partial charge in [-0.05, 0) is 24.1 Å². The number of benzene rings is 1. The minimum atomic E-state index is -0.612. The number of rotatable bonds is 11. The van der Waals surface area contributed by atoms with Gasteiger partial charge in [-0.3, -0.25) is 24.5 Å². The highest BCUT2D eigenvalue weighted by atomic mass is 32.2. The Morgan fingerprint density at radius 3 is 2.58 bits per heavy atom. The van der Waals surface area contributed by atoms with E-state index >= 15 is 0 Å². The Bertz CT molecular complexity index is 882. The van der Waals surface area contributed by atoms with Crippen molar-refractivity contribution in [2.75, 3.05) is 24.6 Å². The normalized spacial score (nSPS) is 17.4. The molecular weight excluding hydrogens is 472 g/mol. The number of carbonyl (C=O) groups excluding carboxylic acids is 4. The highest BCUT2D eigenvalue weighted by molar-refractivity contribution is 8.14. The van der Waals surface area contributed by atoms with Crippen LogP contribution in [0.2, 0.25) is 0 Å². The number of amides is 3. The molecule has 1 aliphatic rings. The highest BCUT2D eigenvalue weighted by Crippen LogP contribution is 2.30. The first-order valence-electron chi connectivity index (χ1n) is 10.1. The lowest BCUT2D eigenvalue weighted by atomic mass is 10.2. The van der Waals surface area contributed by atoms with Gasteiger partial charge in [0.25, 0.3) is 5.69 Å². The highest BCUT2D eigenvalue weighted by Gasteiger charge is 2.37. The van der Waals surface area contributed by atoms with Crippen LogP contribution in [0.1, 0.15) is 25.3 Å². The summed E-state index contributed by atoms with van der Waals surface area (Å²) in [5.41, 5.74) is 5.56. The van der Waals surface area contributed by atoms with Gasteiger partial charge in [-0.25, -0.2) is 4.79 Å². The van der Waals surface area contributed by atoms with E-state index in [4.69, 9.17) is 10.5 Å². The summed E-state index contributed by atoms with van der Waals surface area (Å²) in [5, 5.41) is 13.1. The molecule has 0 saturated carbocycles. The SMILES string of the molecule is CC(=O)S[C@H]1C[C@@H](CSCCC(=O)NCC(N)=O)N(C(=O)OCc2ccc([N+](=O)[O-])cc2)C1. The van der Waals surface area contributed by atoms with Crippen LogP contribution in [0.3, 0.4) is 0 Å². The molecule has 11 nitrogen and oxygen atoms in total. The average molecular weight is 499 g/mol. The van der Waals surface area contributed by atoms with Crippen LogP contribution in [0.15, 0.2) is 24.3 Å². The molecule has 0 aliphatic carbocycles. The standard InChI is InChI=1S/C20H26N4O7S2/c1-13(25)33-17-8-16(12-32-7-6-19(27)22-9-18(21)26)23(10-17)20(28)31-11-14-2-4-15(5-3-14)24(29)30/h2-5,16-17H,6-12H2,1H3,(H2,21,26)(H,22,27)/t16-,17-/m0/s1. The molecule has 0 spiro atoms. The van der Waals surface area contributed by atoms with Crippen LogP contribution in [-0.2, 0) is 25.7 Å². The van der Waals surface area contributed by atoms with Crippen molar-refractivity contribution in [1.82, 2.24) is 10.2 Å². The van der Waals surface area contributed by atoms with E-state index in [9.17, 15) is 29.3 Å². The summed E-state index contributed by atoms with van der Waals surface area (Å²) in [6, 6.07) is 5.58. The van der Waals surface area contributed by atoms with Crippen LogP contribution < -0.4 is 11.1 Å². The third kappa shape index (κ3) is 9.30. The van der Waals surface area contributed by atoms with Crippen LogP contribution in [-0.4, -0.2) is 68.7 Å². The number of nitro benzene ring substituents is 1. The molecule has 2 atom stereocenters. The predicted molar refractivity (Wildman–Crippen MR) is 125 cm³/mol. The number of thioether (sulfide) groups is 2. The quantitative estimate of drug-likeness (QED) is 0.262. The van der Waals surface area contributed by atoms with Gasteiger partial charge >= 0.3 is 6.09 Å². The lowest BCUT2D eigenvalue weighted by molar-refractivity contribution is -0.384. The molecule has 13 heteroatoms. The van der Waals surface area contributed by atoms with Crippen molar-refractivity contribution in [3.63, 3.8) is 0 Å². The van der Waals surface area contributed by atoms with Gasteiger partial charge in [-0.1, -0.05) is 11.8 Å². The van der Waals surface area contributed by atoms with Gasteiger partial charge in [0.2, 0.25) is 11.8 Å². The van der Waals surface area contributed by atoms with Gasteiger partial charge in [-0.15, -0.1) is 0 Å². The smallest absolute Gasteiger partial charge is 0.410 e. The van der Waals surface area contributed by atoms with E-state index in [1.54, 1.807) is 4.90 Å². The van der Waals surface area contributed by atoms with Gasteiger partial charge in [-0.2, -0.15) is 11.8 Å². The fraction of sp³-hybridized carbons (Fsp3) is 0.500. The minimum absolute atomic E-state index is 0.0291. The summed E-state index contributed by atoms with van der Waals surface area (Å²) < 4.78 is 5.40. The largest absolute Gasteiger partial charge is 0.445 e. The second-order valence-corrected chi connectivity index (χ2v) is 9.95. The van der Waals surface area contributed by atoms with Crippen molar-refractivity contribution >= 4 is 52.2 Å². The molecule has 3 amide bonds. The van der Waals surface area contributed by atoms with E-state index in [1.807, 2.05) is 0 Å². The molecule has 1 fully saturated rings. The van der Waals surface area contributed by atoms with Gasteiger partial charge in [0.05, 0.1) is 11.5 Å². The van der Waals surface area contributed by atoms with Crippen molar-refractivity contribution < 1.29 is 28.8 Å². The fourth-order valence-electron chi connectivity index (χ4n) is 3.18. The van der Waals surface area contributed by atoms with Gasteiger partial charge < -0.3 is 20.7 Å². The average Bonchev–Trinajstić information content (AvgIpc) is 3.15. The first-order chi connectivity index (χ1) is 15.7. The Morgan fingerprint density at radius 2 is 1.97 bits per heavy atom. The molecular formula is C20H26N4O7S2. The molecule has 180 valence electrons. The second kappa shape index (κ2) is 13.0. The number of hydrogen-bond acceptors (Lipinski definition) is 9. The van der Waals surface area contributed by atoms with E-state index in [0.717, 1.165) is 0 Å². The molecule has 0 unspecified atom stereocenters. The van der Waals surface area contributed by atoms with Crippen LogP contribution in [0.4, 0.5) is 10.5 Å². The zero-order valence-corrected chi connectivity index (χ0v) is 19.7. The van der Waals surface area contributed by atoms with Crippen LogP contribution in [0, 0.1) is 10.1 Å². The molecule has 0 aromatic heterocycles. The third-order valence-electron chi connectivity index (χ3n) is 4.70. The zero-order chi connectivity index (χ0) is 24.4. The third-order valence-corrected chi connectivity index (χ3v) is 6.82. The lowest BCUT2D eigenvalue weighted by Gasteiger charge is -2.23. The summed E-state index contributed by atoms with van der Waals surface area (Å²) in [4.78, 5) is 58.4. The van der Waals surface area contributed by atoms with E-state index < -0.39 is 16.9 Å². The number of ether oxygens (including phenoxy) is 1. The molecule has 1 aromatic carbocycles. The molecule has 1 heterocycles. The first-order valence-corrected chi connectivity index (χ1v) is 12.2. The van der Waals surface area contributed by atoms with Crippen LogP contribution >= 0.6 is 23.5 Å². The predicted octanol–water partition coefficient (Wildman–Crippen LogP) is 1.68. The summed E-state index contributed by atoms with van der Waals surface area (Å²) in [6.07, 6.45) is 0.309. The van der Waals surface area contributed by atoms with Gasteiger partial charge in [0.15, 0.2) is 5.12 Å². The molecule has 1 saturated heterocycles. The van der Waals surface area contributed by atoms with E-state index in [2.05, 4.69) is 5.32 Å². The van der Waals surface area contributed by atoms with Crippen LogP contribution in [0.25, 0.3) is 0 Å². The molecule has 0 bridgehead atoms. The van der Waals surface area contributed by atoms with Crippen molar-refractivity contribution in [3.8, 4) is 0 Å². The number of nitrogens with one attached hydrogen (secondary N) is 1. The number of carbonyl (C=O) groups is 4. The number of nitrogens with zero attached hydrogens (tertiary/aromatic N) is 2. The summed E-state index contributed by atoms with van der Waals surface area (Å²) >= 11 is 2.68. The number of nitrogens with two attached hydrogens (primary N) is 1. The second-order valence-electron chi connectivity index (χ2n) is 7.32. The maximum atomic E-state index is 12.7. The summed E-state index contributed by atoms with van der Waals surface area (Å²) in [6.45, 7) is 1.62. The van der Waals surface area contributed by atoms with Crippen molar-refractivity contribution in [1.29, 1.82) is 0 Å². The van der Waals surface area contributed by atoms with Crippen molar-refractivity contribution in [2.45, 2.75) is 37.7 Å². The van der Waals surface area contributed by atoms with Crippen molar-refractivity contribution in [2.24, 2.45) is 5.73 Å². The Labute approximate surface area is 199 Å². The minimum Gasteiger partial charge on any atom is -0.445 e. The maximum Gasteiger partial charge on any atom is 0.410 e. The number of primary amides is 1. The monoisotopic (exact) mass is 498 g/mol. The van der Waals surface area contributed by atoms with E-state index in [0.29, 0.717) is 30.0 Å². The molecule has 1 aliphatic heterocycles. The van der Waals surface area contributed by atoms with Crippen molar-refractivity contribution in [3.05, 3.63) is 39.9 Å². The Kier molecular flexibility index (Phi) is 10.5. The molecule has 3 N–H and O–H groups in total. The number of likely N-dealkylation sites (tertiary alicyclic amines) is 1. The molecule has 2 rings (SSSR count). The Morgan fingerprint density at radius 1 is 1.27 bits per heavy atom. The van der Waals surface area contributed by atoms with E-state index in [-0.39, 0.29) is 47.6 Å². The lowest BCUT2D eigenvalue weighted by Crippen LogP contribution is -2.37. The molecule has 33 heavy (non-hydrogen) atoms. The molecule has 1 aromatic rings. The zero-order valence-electron chi connectivity index (χ0n) is 18.1. The number of nitro groups is 1. The first kappa shape index (κ1) is 26.5. The Hall–Kier alpha value is -2.80. The van der Waals surface area contributed by atoms with Gasteiger partial charge in [0.1, 0.15) is 6.61 Å². The number of non-ortho nitro benzene ring substituents is 1. The summed E-state index contributed by atoms with van der Waals surface area (Å²) in [7, 11) is 0. The van der Waals surface area contributed by atoms with Crippen LogP contribution in [0.5, 0.6) is 0 Å². The fourth-order valence-corrected chi connectivity index (χ4v) is 5.28. The maximum absolute atomic E-state index is 12.7. The van der Waals surface area contributed by atoms with E-state index in [1.165, 1.54) is 54.7 Å². The molecule has 0 radical (unpaired) electrons. The Balaban J connectivity index is 1.87. The number of hydrogen-bond donors (Lipinski definition) is 2. The topological polar surface area (TPSA) is 162 Å². The summed E-state index contributed by atoms with van der Waals surface area (Å²) in [5.74, 6) is 0.165. The van der Waals surface area contributed by atoms with Gasteiger partial charge in [0, 0.05) is 54.8 Å².